The first-order valence-corrected chi connectivity index (χ1v) is 22.7. The van der Waals surface area contributed by atoms with Crippen LogP contribution in [-0.2, 0) is 18.4 Å². The number of aliphatic hydroxyl groups excluding tert-OH is 1. The summed E-state index contributed by atoms with van der Waals surface area (Å²) >= 11 is 0. The van der Waals surface area contributed by atoms with Crippen LogP contribution < -0.4 is 5.32 Å². The van der Waals surface area contributed by atoms with Crippen molar-refractivity contribution in [1.29, 1.82) is 0 Å². The zero-order chi connectivity index (χ0) is 37.9. The number of amides is 1. The van der Waals surface area contributed by atoms with E-state index in [-0.39, 0.29) is 19.1 Å². The molecule has 9 heteroatoms. The first kappa shape index (κ1) is 50.0. The number of allylic oxidation sites excluding steroid dienone is 3. The summed E-state index contributed by atoms with van der Waals surface area (Å²) in [5.74, 6) is -0.187. The number of unbranched alkanes of at least 4 members (excludes halogenated alkanes) is 23. The van der Waals surface area contributed by atoms with Gasteiger partial charge in [0.05, 0.1) is 39.9 Å². The number of carbonyl (C=O) groups excluding carboxylic acids is 1. The monoisotopic (exact) mass is 744 g/mol. The standard InChI is InChI=1S/C42H83N2O6P/c1-6-8-10-12-14-16-18-20-22-23-25-27-29-31-33-35-41(45)40(39-50-51(47,48)49-38-37-44(3,4)5)43-42(46)36-34-32-30-28-26-24-21-19-17-15-13-11-9-7-2/h19,21,33,35,40-41,45H,6-18,20,22-32,34,36-39H2,1-5H3,(H-,43,46,47,48)/p+1/b21-19+,35-33+/t40-,41+/m0/s1. The van der Waals surface area contributed by atoms with E-state index in [9.17, 15) is 19.4 Å². The minimum Gasteiger partial charge on any atom is -0.387 e. The van der Waals surface area contributed by atoms with Gasteiger partial charge in [-0.05, 0) is 44.9 Å². The van der Waals surface area contributed by atoms with Crippen LogP contribution in [0.25, 0.3) is 0 Å². The number of phosphoric acid groups is 1. The number of aliphatic hydroxyl groups is 1. The maximum atomic E-state index is 12.8. The Bertz CT molecular complexity index is 891. The molecule has 0 aliphatic carbocycles. The Morgan fingerprint density at radius 2 is 1.06 bits per heavy atom. The molecule has 0 saturated heterocycles. The highest BCUT2D eigenvalue weighted by atomic mass is 31.2. The summed E-state index contributed by atoms with van der Waals surface area (Å²) in [6.45, 7) is 4.79. The molecule has 302 valence electrons. The molecule has 0 spiro atoms. The van der Waals surface area contributed by atoms with Gasteiger partial charge in [-0.3, -0.25) is 13.8 Å². The largest absolute Gasteiger partial charge is 0.472 e. The van der Waals surface area contributed by atoms with Crippen molar-refractivity contribution in [3.8, 4) is 0 Å². The normalized spacial score (nSPS) is 14.7. The van der Waals surface area contributed by atoms with Crippen LogP contribution in [0.2, 0.25) is 0 Å². The van der Waals surface area contributed by atoms with Crippen LogP contribution >= 0.6 is 7.82 Å². The predicted molar refractivity (Wildman–Crippen MR) is 217 cm³/mol. The molecule has 3 atom stereocenters. The molecule has 1 unspecified atom stereocenters. The van der Waals surface area contributed by atoms with Crippen molar-refractivity contribution in [3.63, 3.8) is 0 Å². The topological polar surface area (TPSA) is 105 Å². The third kappa shape index (κ3) is 37.1. The summed E-state index contributed by atoms with van der Waals surface area (Å²) in [6, 6.07) is -0.846. The molecule has 0 radical (unpaired) electrons. The number of rotatable bonds is 38. The molecule has 0 aliphatic rings. The fraction of sp³-hybridized carbons (Fsp3) is 0.881. The Morgan fingerprint density at radius 1 is 0.647 bits per heavy atom. The lowest BCUT2D eigenvalue weighted by Crippen LogP contribution is -2.45. The third-order valence-corrected chi connectivity index (χ3v) is 10.4. The maximum Gasteiger partial charge on any atom is 0.472 e. The number of nitrogens with one attached hydrogen (secondary N) is 1. The second-order valence-electron chi connectivity index (χ2n) is 15.7. The van der Waals surface area contributed by atoms with Gasteiger partial charge in [0.15, 0.2) is 0 Å². The number of hydrogen-bond acceptors (Lipinski definition) is 5. The van der Waals surface area contributed by atoms with E-state index in [4.69, 9.17) is 9.05 Å². The Labute approximate surface area is 315 Å². The van der Waals surface area contributed by atoms with Gasteiger partial charge in [0.25, 0.3) is 0 Å². The smallest absolute Gasteiger partial charge is 0.387 e. The molecule has 0 aromatic heterocycles. The molecule has 0 aromatic carbocycles. The van der Waals surface area contributed by atoms with Crippen LogP contribution in [0, 0.1) is 0 Å². The van der Waals surface area contributed by atoms with Crippen molar-refractivity contribution >= 4 is 13.7 Å². The van der Waals surface area contributed by atoms with Crippen LogP contribution in [0.4, 0.5) is 0 Å². The Kier molecular flexibility index (Phi) is 34.0. The third-order valence-electron chi connectivity index (χ3n) is 9.42. The molecule has 0 bridgehead atoms. The molecular formula is C42H84N2O6P+. The van der Waals surface area contributed by atoms with E-state index >= 15 is 0 Å². The summed E-state index contributed by atoms with van der Waals surface area (Å²) in [6.07, 6.45) is 39.5. The van der Waals surface area contributed by atoms with Gasteiger partial charge < -0.3 is 19.8 Å². The van der Waals surface area contributed by atoms with Crippen molar-refractivity contribution in [2.24, 2.45) is 0 Å². The molecule has 0 fully saturated rings. The molecule has 3 N–H and O–H groups in total. The van der Waals surface area contributed by atoms with Crippen molar-refractivity contribution in [3.05, 3.63) is 24.3 Å². The number of quaternary nitrogens is 1. The van der Waals surface area contributed by atoms with Crippen molar-refractivity contribution in [2.45, 2.75) is 199 Å². The zero-order valence-electron chi connectivity index (χ0n) is 34.1. The molecule has 51 heavy (non-hydrogen) atoms. The molecular weight excluding hydrogens is 659 g/mol. The summed E-state index contributed by atoms with van der Waals surface area (Å²) in [7, 11) is 1.57. The van der Waals surface area contributed by atoms with Gasteiger partial charge in [0.1, 0.15) is 13.2 Å². The van der Waals surface area contributed by atoms with Crippen molar-refractivity contribution in [1.82, 2.24) is 5.32 Å². The van der Waals surface area contributed by atoms with Crippen LogP contribution in [0.15, 0.2) is 24.3 Å². The fourth-order valence-electron chi connectivity index (χ4n) is 5.98. The van der Waals surface area contributed by atoms with Crippen LogP contribution in [0.1, 0.15) is 187 Å². The average molecular weight is 744 g/mol. The van der Waals surface area contributed by atoms with E-state index < -0.39 is 20.0 Å². The van der Waals surface area contributed by atoms with E-state index in [1.54, 1.807) is 6.08 Å². The van der Waals surface area contributed by atoms with Crippen LogP contribution in [-0.4, -0.2) is 73.4 Å². The van der Waals surface area contributed by atoms with Gasteiger partial charge in [0.2, 0.25) is 5.91 Å². The summed E-state index contributed by atoms with van der Waals surface area (Å²) in [4.78, 5) is 23.0. The van der Waals surface area contributed by atoms with Gasteiger partial charge in [0, 0.05) is 6.42 Å². The first-order chi connectivity index (χ1) is 24.5. The highest BCUT2D eigenvalue weighted by Crippen LogP contribution is 2.43. The highest BCUT2D eigenvalue weighted by Gasteiger charge is 2.27. The van der Waals surface area contributed by atoms with Gasteiger partial charge in [-0.15, -0.1) is 0 Å². The Balaban J connectivity index is 4.49. The van der Waals surface area contributed by atoms with Crippen LogP contribution in [0.5, 0.6) is 0 Å². The Hall–Kier alpha value is -1.02. The molecule has 0 aromatic rings. The molecule has 1 amide bonds. The lowest BCUT2D eigenvalue weighted by molar-refractivity contribution is -0.870. The minimum absolute atomic E-state index is 0.0608. The molecule has 0 aliphatic heterocycles. The quantitative estimate of drug-likeness (QED) is 0.0252. The van der Waals surface area contributed by atoms with E-state index in [2.05, 4.69) is 31.3 Å². The average Bonchev–Trinajstić information content (AvgIpc) is 3.07. The summed E-state index contributed by atoms with van der Waals surface area (Å²) in [5.41, 5.74) is 0. The molecule has 0 saturated carbocycles. The second kappa shape index (κ2) is 34.7. The van der Waals surface area contributed by atoms with Crippen molar-refractivity contribution in [2.75, 3.05) is 40.9 Å². The number of nitrogens with zero attached hydrogens (tertiary/aromatic N) is 1. The second-order valence-corrected chi connectivity index (χ2v) is 17.2. The number of carbonyl (C=O) groups is 1. The number of hydrogen-bond donors (Lipinski definition) is 3. The maximum absolute atomic E-state index is 12.8. The molecule has 8 nitrogen and oxygen atoms in total. The minimum atomic E-state index is -4.33. The molecule has 0 heterocycles. The summed E-state index contributed by atoms with van der Waals surface area (Å²) in [5, 5.41) is 13.8. The summed E-state index contributed by atoms with van der Waals surface area (Å²) < 4.78 is 23.5. The fourth-order valence-corrected chi connectivity index (χ4v) is 6.71. The zero-order valence-corrected chi connectivity index (χ0v) is 35.0. The van der Waals surface area contributed by atoms with Gasteiger partial charge >= 0.3 is 7.82 Å². The van der Waals surface area contributed by atoms with Gasteiger partial charge in [-0.2, -0.15) is 0 Å². The van der Waals surface area contributed by atoms with E-state index in [0.29, 0.717) is 17.4 Å². The van der Waals surface area contributed by atoms with E-state index in [1.165, 1.54) is 116 Å². The van der Waals surface area contributed by atoms with Crippen molar-refractivity contribution < 1.29 is 32.9 Å². The van der Waals surface area contributed by atoms with E-state index in [1.807, 2.05) is 27.2 Å². The van der Waals surface area contributed by atoms with Gasteiger partial charge in [-0.1, -0.05) is 160 Å². The van der Waals surface area contributed by atoms with Gasteiger partial charge in [-0.25, -0.2) is 4.57 Å². The predicted octanol–water partition coefficient (Wildman–Crippen LogP) is 11.4. The lowest BCUT2D eigenvalue weighted by atomic mass is 10.0. The number of likely N-dealkylation sites (N-methyl/N-ethyl adjacent to an activating group) is 1. The molecule has 0 rings (SSSR count). The highest BCUT2D eigenvalue weighted by molar-refractivity contribution is 7.47. The first-order valence-electron chi connectivity index (χ1n) is 21.2. The number of phosphoric ester groups is 1. The lowest BCUT2D eigenvalue weighted by Gasteiger charge is -2.25. The van der Waals surface area contributed by atoms with Crippen LogP contribution in [0.3, 0.4) is 0 Å². The SMILES string of the molecule is CCCCCCC/C=C/CCCCCCCC(=O)N[C@@H](COP(=O)(O)OCC[N+](C)(C)C)[C@H](O)/C=C/CCCCCCCCCCCCCCC. The van der Waals surface area contributed by atoms with E-state index in [0.717, 1.165) is 51.4 Å². The Morgan fingerprint density at radius 3 is 1.51 bits per heavy atom.